The molecule has 0 aromatic carbocycles. The number of likely N-dealkylation sites (N-methyl/N-ethyl adjacent to an activating group) is 1. The van der Waals surface area contributed by atoms with Gasteiger partial charge >= 0.3 is 0 Å². The van der Waals surface area contributed by atoms with Gasteiger partial charge in [-0.3, -0.25) is 4.79 Å². The summed E-state index contributed by atoms with van der Waals surface area (Å²) in [7, 11) is 4.23. The lowest BCUT2D eigenvalue weighted by Gasteiger charge is -2.33. The van der Waals surface area contributed by atoms with E-state index in [1.165, 1.54) is 12.8 Å². The number of amides is 1. The first-order valence-corrected chi connectivity index (χ1v) is 8.12. The lowest BCUT2D eigenvalue weighted by Crippen LogP contribution is -2.49. The van der Waals surface area contributed by atoms with Gasteiger partial charge in [0.15, 0.2) is 0 Å². The molecule has 2 aliphatic rings. The summed E-state index contributed by atoms with van der Waals surface area (Å²) in [5.74, 6) is 0.651. The van der Waals surface area contributed by atoms with Crippen LogP contribution in [0, 0.1) is 5.92 Å². The number of nitrogens with one attached hydrogen (secondary N) is 2. The monoisotopic (exact) mass is 370 g/mol. The molecule has 8 heteroatoms. The number of hydrogen-bond acceptors (Lipinski definition) is 5. The van der Waals surface area contributed by atoms with Crippen molar-refractivity contribution in [3.63, 3.8) is 0 Å². The van der Waals surface area contributed by atoms with Gasteiger partial charge in [0.1, 0.15) is 6.10 Å². The summed E-state index contributed by atoms with van der Waals surface area (Å²) < 4.78 is 5.46. The molecule has 0 aromatic heterocycles. The van der Waals surface area contributed by atoms with Crippen LogP contribution >= 0.6 is 24.8 Å². The number of nitrogens with zero attached hydrogens (tertiary/aromatic N) is 2. The Morgan fingerprint density at radius 2 is 2.00 bits per heavy atom. The molecular weight excluding hydrogens is 339 g/mol. The molecule has 2 saturated heterocycles. The van der Waals surface area contributed by atoms with E-state index in [4.69, 9.17) is 4.74 Å². The molecule has 0 aromatic rings. The smallest absolute Gasteiger partial charge is 0.250 e. The van der Waals surface area contributed by atoms with E-state index in [9.17, 15) is 4.79 Å². The lowest BCUT2D eigenvalue weighted by atomic mass is 9.96. The molecule has 2 rings (SSSR count). The van der Waals surface area contributed by atoms with E-state index < -0.39 is 0 Å². The molecule has 0 spiro atoms. The normalized spacial score (nSPS) is 23.0. The Morgan fingerprint density at radius 3 is 2.57 bits per heavy atom. The highest BCUT2D eigenvalue weighted by molar-refractivity contribution is 5.85. The Labute approximate surface area is 152 Å². The van der Waals surface area contributed by atoms with E-state index in [2.05, 4.69) is 34.5 Å². The predicted molar refractivity (Wildman–Crippen MR) is 97.8 cm³/mol. The second-order valence-corrected chi connectivity index (χ2v) is 6.40. The Bertz CT molecular complexity index is 321. The Hall–Kier alpha value is -0.110. The zero-order chi connectivity index (χ0) is 15.1. The molecule has 2 fully saturated rings. The largest absolute Gasteiger partial charge is 0.366 e. The minimum atomic E-state index is -0.307. The molecule has 0 aliphatic carbocycles. The molecule has 2 heterocycles. The third-order valence-corrected chi connectivity index (χ3v) is 4.36. The predicted octanol–water partition coefficient (Wildman–Crippen LogP) is 0.208. The standard InChI is InChI=1S/C15H30N4O2.2ClH/c1-18(2)8-9-19-6-3-13(4-7-19)11-17-15(20)14-12-16-5-10-21-14;;/h13-14,16H,3-12H2,1-2H3,(H,17,20);2*1H. The zero-order valence-corrected chi connectivity index (χ0v) is 15.9. The number of hydrogen-bond donors (Lipinski definition) is 2. The molecule has 0 saturated carbocycles. The average molecular weight is 371 g/mol. The van der Waals surface area contributed by atoms with Gasteiger partial charge in [0.25, 0.3) is 0 Å². The highest BCUT2D eigenvalue weighted by Gasteiger charge is 2.24. The third kappa shape index (κ3) is 8.52. The summed E-state index contributed by atoms with van der Waals surface area (Å²) in [6.45, 7) is 7.46. The average Bonchev–Trinajstić information content (AvgIpc) is 2.52. The molecule has 1 unspecified atom stereocenters. The maximum atomic E-state index is 12.0. The van der Waals surface area contributed by atoms with Gasteiger partial charge in [0.2, 0.25) is 5.91 Å². The fraction of sp³-hybridized carbons (Fsp3) is 0.933. The molecule has 1 amide bonds. The Balaban J connectivity index is 0.00000242. The van der Waals surface area contributed by atoms with Crippen molar-refractivity contribution in [3.8, 4) is 0 Å². The van der Waals surface area contributed by atoms with Crippen molar-refractivity contribution in [3.05, 3.63) is 0 Å². The number of carbonyl (C=O) groups excluding carboxylic acids is 1. The Morgan fingerprint density at radius 1 is 1.30 bits per heavy atom. The van der Waals surface area contributed by atoms with Crippen LogP contribution in [0.1, 0.15) is 12.8 Å². The molecule has 23 heavy (non-hydrogen) atoms. The molecule has 138 valence electrons. The van der Waals surface area contributed by atoms with E-state index in [0.717, 1.165) is 39.3 Å². The first-order chi connectivity index (χ1) is 10.1. The van der Waals surface area contributed by atoms with Gasteiger partial charge in [-0.05, 0) is 45.9 Å². The van der Waals surface area contributed by atoms with E-state index >= 15 is 0 Å². The van der Waals surface area contributed by atoms with Crippen LogP contribution < -0.4 is 10.6 Å². The molecule has 1 atom stereocenters. The van der Waals surface area contributed by atoms with Crippen LogP contribution in [-0.2, 0) is 9.53 Å². The van der Waals surface area contributed by atoms with Crippen LogP contribution in [0.2, 0.25) is 0 Å². The fourth-order valence-electron chi connectivity index (χ4n) is 2.85. The first-order valence-electron chi connectivity index (χ1n) is 8.12. The number of ether oxygens (including phenoxy) is 1. The number of rotatable bonds is 6. The highest BCUT2D eigenvalue weighted by atomic mass is 35.5. The van der Waals surface area contributed by atoms with Gasteiger partial charge in [0, 0.05) is 32.7 Å². The van der Waals surface area contributed by atoms with Gasteiger partial charge in [-0.15, -0.1) is 24.8 Å². The van der Waals surface area contributed by atoms with Crippen LogP contribution in [0.4, 0.5) is 0 Å². The topological polar surface area (TPSA) is 56.8 Å². The van der Waals surface area contributed by atoms with E-state index in [-0.39, 0.29) is 36.8 Å². The first kappa shape index (κ1) is 22.9. The van der Waals surface area contributed by atoms with Crippen LogP contribution in [0.15, 0.2) is 0 Å². The molecule has 2 N–H and O–H groups in total. The number of likely N-dealkylation sites (tertiary alicyclic amines) is 1. The fourth-order valence-corrected chi connectivity index (χ4v) is 2.85. The van der Waals surface area contributed by atoms with Crippen LogP contribution in [-0.4, -0.2) is 88.3 Å². The van der Waals surface area contributed by atoms with Gasteiger partial charge in [-0.2, -0.15) is 0 Å². The van der Waals surface area contributed by atoms with Crippen molar-refractivity contribution in [2.24, 2.45) is 5.92 Å². The number of carbonyl (C=O) groups is 1. The Kier molecular flexibility index (Phi) is 12.2. The maximum absolute atomic E-state index is 12.0. The van der Waals surface area contributed by atoms with E-state index in [0.29, 0.717) is 19.1 Å². The van der Waals surface area contributed by atoms with Crippen molar-refractivity contribution in [1.82, 2.24) is 20.4 Å². The second kappa shape index (κ2) is 12.3. The summed E-state index contributed by atoms with van der Waals surface area (Å²) in [4.78, 5) is 16.7. The molecule has 6 nitrogen and oxygen atoms in total. The zero-order valence-electron chi connectivity index (χ0n) is 14.3. The quantitative estimate of drug-likeness (QED) is 0.699. The van der Waals surface area contributed by atoms with E-state index in [1.54, 1.807) is 0 Å². The van der Waals surface area contributed by atoms with Crippen LogP contribution in [0.3, 0.4) is 0 Å². The highest BCUT2D eigenvalue weighted by Crippen LogP contribution is 2.16. The van der Waals surface area contributed by atoms with Gasteiger partial charge in [0.05, 0.1) is 6.61 Å². The van der Waals surface area contributed by atoms with E-state index in [1.807, 2.05) is 0 Å². The SMILES string of the molecule is CN(C)CCN1CCC(CNC(=O)C2CNCCO2)CC1.Cl.Cl. The third-order valence-electron chi connectivity index (χ3n) is 4.36. The number of morpholine rings is 1. The van der Waals surface area contributed by atoms with Gasteiger partial charge in [-0.1, -0.05) is 0 Å². The number of piperidine rings is 1. The number of halogens is 2. The van der Waals surface area contributed by atoms with Crippen molar-refractivity contribution in [2.75, 3.05) is 66.5 Å². The van der Waals surface area contributed by atoms with Crippen molar-refractivity contribution >= 4 is 30.7 Å². The molecular formula is C15H32Cl2N4O2. The van der Waals surface area contributed by atoms with Crippen LogP contribution in [0.25, 0.3) is 0 Å². The summed E-state index contributed by atoms with van der Waals surface area (Å²) in [6, 6.07) is 0. The van der Waals surface area contributed by atoms with Crippen LogP contribution in [0.5, 0.6) is 0 Å². The summed E-state index contributed by atoms with van der Waals surface area (Å²) in [6.07, 6.45) is 2.05. The molecule has 0 radical (unpaired) electrons. The van der Waals surface area contributed by atoms with Crippen molar-refractivity contribution < 1.29 is 9.53 Å². The summed E-state index contributed by atoms with van der Waals surface area (Å²) >= 11 is 0. The minimum absolute atomic E-state index is 0. The van der Waals surface area contributed by atoms with Crippen molar-refractivity contribution in [2.45, 2.75) is 18.9 Å². The molecule has 2 aliphatic heterocycles. The van der Waals surface area contributed by atoms with Gasteiger partial charge < -0.3 is 25.2 Å². The van der Waals surface area contributed by atoms with Crippen molar-refractivity contribution in [1.29, 1.82) is 0 Å². The summed E-state index contributed by atoms with van der Waals surface area (Å²) in [5.41, 5.74) is 0. The summed E-state index contributed by atoms with van der Waals surface area (Å²) in [5, 5.41) is 6.24. The maximum Gasteiger partial charge on any atom is 0.250 e. The molecule has 0 bridgehead atoms. The minimum Gasteiger partial charge on any atom is -0.366 e. The lowest BCUT2D eigenvalue weighted by molar-refractivity contribution is -0.134. The second-order valence-electron chi connectivity index (χ2n) is 6.40. The van der Waals surface area contributed by atoms with Gasteiger partial charge in [-0.25, -0.2) is 0 Å².